The first-order valence-corrected chi connectivity index (χ1v) is 15.0. The van der Waals surface area contributed by atoms with Crippen LogP contribution in [0.4, 0.5) is 0 Å². The van der Waals surface area contributed by atoms with Crippen molar-refractivity contribution in [3.8, 4) is 16.9 Å². The number of carbonyl (C=O) groups excluding carboxylic acids is 2. The van der Waals surface area contributed by atoms with Gasteiger partial charge in [-0.3, -0.25) is 9.59 Å². The van der Waals surface area contributed by atoms with Crippen LogP contribution in [0.5, 0.6) is 5.75 Å². The molecule has 2 unspecified atom stereocenters. The van der Waals surface area contributed by atoms with E-state index in [1.54, 1.807) is 37.3 Å². The van der Waals surface area contributed by atoms with Gasteiger partial charge < -0.3 is 19.4 Å². The van der Waals surface area contributed by atoms with Crippen molar-refractivity contribution in [2.45, 2.75) is 36.1 Å². The van der Waals surface area contributed by atoms with E-state index < -0.39 is 34.0 Å². The van der Waals surface area contributed by atoms with E-state index in [1.807, 2.05) is 36.4 Å². The molecule has 0 spiro atoms. The quantitative estimate of drug-likeness (QED) is 0.189. The number of ether oxygens (including phenoxy) is 2. The summed E-state index contributed by atoms with van der Waals surface area (Å²) in [4.78, 5) is 25.9. The van der Waals surface area contributed by atoms with Crippen LogP contribution >= 0.6 is 0 Å². The Morgan fingerprint density at radius 2 is 1.36 bits per heavy atom. The first kappa shape index (κ1) is 29.0. The van der Waals surface area contributed by atoms with E-state index >= 15 is 0 Å². The standard InChI is InChI=1S/C33H31NO7S/c1-2-39-31(35)20-30(34)32(22-16-18-23(19-17-22)41-42(37,38)24-10-4-3-5-11-24)33(36)40-21-29-27-14-8-6-12-25(27)26-13-7-9-15-28(26)29/h3-19,29-30,32H,2,20-21,34H2,1H3. The van der Waals surface area contributed by atoms with E-state index in [4.69, 9.17) is 19.4 Å². The molecule has 9 heteroatoms. The lowest BCUT2D eigenvalue weighted by Gasteiger charge is -2.24. The summed E-state index contributed by atoms with van der Waals surface area (Å²) in [5, 5.41) is 0. The van der Waals surface area contributed by atoms with Crippen LogP contribution in [0.1, 0.15) is 41.9 Å². The smallest absolute Gasteiger partial charge is 0.339 e. The third-order valence-electron chi connectivity index (χ3n) is 7.22. The Labute approximate surface area is 245 Å². The van der Waals surface area contributed by atoms with Gasteiger partial charge in [0.05, 0.1) is 18.9 Å². The molecule has 4 aromatic rings. The lowest BCUT2D eigenvalue weighted by atomic mass is 9.90. The third kappa shape index (κ3) is 6.22. The molecule has 0 aromatic heterocycles. The highest BCUT2D eigenvalue weighted by Crippen LogP contribution is 2.44. The van der Waals surface area contributed by atoms with Gasteiger partial charge in [-0.2, -0.15) is 8.42 Å². The molecule has 0 saturated heterocycles. The van der Waals surface area contributed by atoms with Gasteiger partial charge in [0.15, 0.2) is 0 Å². The predicted octanol–water partition coefficient (Wildman–Crippen LogP) is 5.17. The van der Waals surface area contributed by atoms with Crippen molar-refractivity contribution in [3.63, 3.8) is 0 Å². The number of rotatable bonds is 11. The van der Waals surface area contributed by atoms with Gasteiger partial charge in [0.2, 0.25) is 0 Å². The van der Waals surface area contributed by atoms with E-state index in [1.165, 1.54) is 24.3 Å². The van der Waals surface area contributed by atoms with Crippen molar-refractivity contribution in [2.24, 2.45) is 5.73 Å². The van der Waals surface area contributed by atoms with Crippen molar-refractivity contribution >= 4 is 22.1 Å². The molecule has 0 radical (unpaired) electrons. The number of hydrogen-bond donors (Lipinski definition) is 1. The number of fused-ring (bicyclic) bond motifs is 3. The fourth-order valence-corrected chi connectivity index (χ4v) is 6.23. The van der Waals surface area contributed by atoms with Gasteiger partial charge in [-0.05, 0) is 59.0 Å². The Bertz CT molecular complexity index is 1620. The van der Waals surface area contributed by atoms with Crippen molar-refractivity contribution in [3.05, 3.63) is 120 Å². The second-order valence-electron chi connectivity index (χ2n) is 9.93. The van der Waals surface area contributed by atoms with Gasteiger partial charge in [-0.1, -0.05) is 78.9 Å². The van der Waals surface area contributed by atoms with Crippen LogP contribution in [-0.4, -0.2) is 39.6 Å². The Morgan fingerprint density at radius 3 is 1.95 bits per heavy atom. The molecule has 2 N–H and O–H groups in total. The Morgan fingerprint density at radius 1 is 0.786 bits per heavy atom. The summed E-state index contributed by atoms with van der Waals surface area (Å²) >= 11 is 0. The van der Waals surface area contributed by atoms with E-state index in [0.29, 0.717) is 5.56 Å². The van der Waals surface area contributed by atoms with Gasteiger partial charge in [-0.25, -0.2) is 0 Å². The molecule has 1 aliphatic carbocycles. The van der Waals surface area contributed by atoms with Crippen molar-refractivity contribution < 1.29 is 31.7 Å². The molecule has 0 amide bonds. The van der Waals surface area contributed by atoms with Gasteiger partial charge in [0.1, 0.15) is 17.3 Å². The summed E-state index contributed by atoms with van der Waals surface area (Å²) in [5.41, 5.74) is 11.2. The SMILES string of the molecule is CCOC(=O)CC(N)C(C(=O)OCC1c2ccccc2-c2ccccc21)c1ccc(OS(=O)(=O)c2ccccc2)cc1. The van der Waals surface area contributed by atoms with Gasteiger partial charge in [0.25, 0.3) is 0 Å². The molecule has 4 aromatic carbocycles. The molecule has 0 heterocycles. The molecule has 0 fully saturated rings. The Hall–Kier alpha value is -4.47. The molecule has 0 bridgehead atoms. The van der Waals surface area contributed by atoms with Crippen LogP contribution < -0.4 is 9.92 Å². The largest absolute Gasteiger partial charge is 0.466 e. The number of hydrogen-bond acceptors (Lipinski definition) is 8. The van der Waals surface area contributed by atoms with E-state index in [0.717, 1.165) is 22.3 Å². The van der Waals surface area contributed by atoms with Crippen LogP contribution in [0.15, 0.2) is 108 Å². The molecular formula is C33H31NO7S. The van der Waals surface area contributed by atoms with Gasteiger partial charge in [-0.15, -0.1) is 0 Å². The normalized spacial score (nSPS) is 13.9. The molecule has 0 saturated carbocycles. The molecule has 42 heavy (non-hydrogen) atoms. The number of carbonyl (C=O) groups is 2. The minimum Gasteiger partial charge on any atom is -0.466 e. The molecule has 5 rings (SSSR count). The summed E-state index contributed by atoms with van der Waals surface area (Å²) < 4.78 is 41.5. The Balaban J connectivity index is 1.37. The zero-order chi connectivity index (χ0) is 29.7. The number of benzene rings is 4. The monoisotopic (exact) mass is 585 g/mol. The van der Waals surface area contributed by atoms with Crippen LogP contribution in [0.25, 0.3) is 11.1 Å². The zero-order valence-electron chi connectivity index (χ0n) is 23.0. The van der Waals surface area contributed by atoms with Gasteiger partial charge in [0, 0.05) is 12.0 Å². The molecule has 1 aliphatic rings. The first-order valence-electron chi connectivity index (χ1n) is 13.6. The second-order valence-corrected chi connectivity index (χ2v) is 11.5. The fraction of sp³-hybridized carbons (Fsp3) is 0.212. The molecule has 8 nitrogen and oxygen atoms in total. The number of esters is 2. The highest BCUT2D eigenvalue weighted by atomic mass is 32.2. The lowest BCUT2D eigenvalue weighted by molar-refractivity contribution is -0.147. The van der Waals surface area contributed by atoms with E-state index in [9.17, 15) is 18.0 Å². The predicted molar refractivity (Wildman–Crippen MR) is 157 cm³/mol. The van der Waals surface area contributed by atoms with Crippen molar-refractivity contribution in [1.29, 1.82) is 0 Å². The summed E-state index contributed by atoms with van der Waals surface area (Å²) in [6.45, 7) is 1.96. The Kier molecular flexibility index (Phi) is 8.70. The highest BCUT2D eigenvalue weighted by molar-refractivity contribution is 7.87. The highest BCUT2D eigenvalue weighted by Gasteiger charge is 2.34. The maximum Gasteiger partial charge on any atom is 0.339 e. The molecule has 216 valence electrons. The molecule has 0 aliphatic heterocycles. The molecule has 2 atom stereocenters. The minimum absolute atomic E-state index is 0.0158. The summed E-state index contributed by atoms with van der Waals surface area (Å²) in [7, 11) is -4.05. The molecular weight excluding hydrogens is 554 g/mol. The minimum atomic E-state index is -4.05. The summed E-state index contributed by atoms with van der Waals surface area (Å²) in [6.07, 6.45) is -0.205. The van der Waals surface area contributed by atoms with Crippen molar-refractivity contribution in [1.82, 2.24) is 0 Å². The van der Waals surface area contributed by atoms with Crippen LogP contribution in [0.3, 0.4) is 0 Å². The maximum atomic E-state index is 13.6. The van der Waals surface area contributed by atoms with Crippen molar-refractivity contribution in [2.75, 3.05) is 13.2 Å². The topological polar surface area (TPSA) is 122 Å². The van der Waals surface area contributed by atoms with E-state index in [-0.39, 0.29) is 36.2 Å². The second kappa shape index (κ2) is 12.6. The van der Waals surface area contributed by atoms with Crippen LogP contribution in [-0.2, 0) is 29.2 Å². The summed E-state index contributed by atoms with van der Waals surface area (Å²) in [6, 6.07) is 28.8. The average molecular weight is 586 g/mol. The van der Waals surface area contributed by atoms with Crippen LogP contribution in [0, 0.1) is 0 Å². The maximum absolute atomic E-state index is 13.6. The van der Waals surface area contributed by atoms with Crippen LogP contribution in [0.2, 0.25) is 0 Å². The first-order chi connectivity index (χ1) is 20.3. The van der Waals surface area contributed by atoms with E-state index in [2.05, 4.69) is 12.1 Å². The fourth-order valence-electron chi connectivity index (χ4n) is 5.28. The average Bonchev–Trinajstić information content (AvgIpc) is 3.31. The zero-order valence-corrected chi connectivity index (χ0v) is 23.8. The lowest BCUT2D eigenvalue weighted by Crippen LogP contribution is -2.37. The third-order valence-corrected chi connectivity index (χ3v) is 8.48. The summed E-state index contributed by atoms with van der Waals surface area (Å²) in [5.74, 6) is -2.23. The van der Waals surface area contributed by atoms with Gasteiger partial charge >= 0.3 is 22.1 Å². The number of nitrogens with two attached hydrogens (primary N) is 1.